The van der Waals surface area contributed by atoms with Crippen LogP contribution in [0.25, 0.3) is 0 Å². The molecule has 2 N–H and O–H groups in total. The molecule has 90 valence electrons. The van der Waals surface area contributed by atoms with E-state index in [1.165, 1.54) is 6.07 Å². The smallest absolute Gasteiger partial charge is 0.124 e. The van der Waals surface area contributed by atoms with Gasteiger partial charge in [-0.1, -0.05) is 32.8 Å². The average Bonchev–Trinajstić information content (AvgIpc) is 2.28. The largest absolute Gasteiger partial charge is 0.327 e. The summed E-state index contributed by atoms with van der Waals surface area (Å²) in [4.78, 5) is 0.960. The summed E-state index contributed by atoms with van der Waals surface area (Å²) < 4.78 is 12.9. The fourth-order valence-electron chi connectivity index (χ4n) is 1.78. The monoisotopic (exact) mass is 241 g/mol. The lowest BCUT2D eigenvalue weighted by Gasteiger charge is -2.20. The molecule has 0 aromatic heterocycles. The van der Waals surface area contributed by atoms with Gasteiger partial charge in [0.05, 0.1) is 0 Å². The summed E-state index contributed by atoms with van der Waals surface area (Å²) in [6.45, 7) is 4.34. The van der Waals surface area contributed by atoms with E-state index in [9.17, 15) is 4.39 Å². The van der Waals surface area contributed by atoms with Gasteiger partial charge in [0.1, 0.15) is 5.82 Å². The van der Waals surface area contributed by atoms with Gasteiger partial charge in [-0.3, -0.25) is 0 Å². The molecular weight excluding hydrogens is 221 g/mol. The summed E-state index contributed by atoms with van der Waals surface area (Å²) in [5.74, 6) is 1.25. The quantitative estimate of drug-likeness (QED) is 0.769. The van der Waals surface area contributed by atoms with Crippen molar-refractivity contribution in [2.45, 2.75) is 37.6 Å². The first-order chi connectivity index (χ1) is 7.67. The van der Waals surface area contributed by atoms with E-state index in [1.54, 1.807) is 23.9 Å². The van der Waals surface area contributed by atoms with Crippen LogP contribution in [-0.2, 0) is 0 Å². The molecule has 0 heterocycles. The van der Waals surface area contributed by atoms with Gasteiger partial charge in [0.15, 0.2) is 0 Å². The third-order valence-electron chi connectivity index (χ3n) is 2.89. The summed E-state index contributed by atoms with van der Waals surface area (Å²) in [6, 6.07) is 6.88. The Morgan fingerprint density at radius 3 is 2.56 bits per heavy atom. The van der Waals surface area contributed by atoms with Crippen molar-refractivity contribution in [1.29, 1.82) is 0 Å². The summed E-state index contributed by atoms with van der Waals surface area (Å²) in [7, 11) is 0. The first-order valence-corrected chi connectivity index (χ1v) is 6.79. The highest BCUT2D eigenvalue weighted by atomic mass is 32.2. The van der Waals surface area contributed by atoms with E-state index in [1.807, 2.05) is 6.07 Å². The van der Waals surface area contributed by atoms with Gasteiger partial charge < -0.3 is 5.73 Å². The lowest BCUT2D eigenvalue weighted by atomic mass is 9.96. The molecule has 1 nitrogen and oxygen atoms in total. The van der Waals surface area contributed by atoms with Crippen LogP contribution in [0.1, 0.15) is 26.7 Å². The Bertz CT molecular complexity index is 313. The molecule has 0 bridgehead atoms. The lowest BCUT2D eigenvalue weighted by molar-refractivity contribution is 0.422. The van der Waals surface area contributed by atoms with Crippen LogP contribution >= 0.6 is 11.8 Å². The molecule has 1 rings (SSSR count). The molecule has 0 saturated carbocycles. The Labute approximate surface area is 102 Å². The average molecular weight is 241 g/mol. The Morgan fingerprint density at radius 1 is 1.31 bits per heavy atom. The molecule has 0 aliphatic carbocycles. The van der Waals surface area contributed by atoms with E-state index in [0.717, 1.165) is 23.5 Å². The highest BCUT2D eigenvalue weighted by molar-refractivity contribution is 7.99. The fraction of sp³-hybridized carbons (Fsp3) is 0.538. The maximum Gasteiger partial charge on any atom is 0.124 e. The van der Waals surface area contributed by atoms with Crippen molar-refractivity contribution in [2.24, 2.45) is 11.7 Å². The van der Waals surface area contributed by atoms with Crippen molar-refractivity contribution in [3.8, 4) is 0 Å². The predicted molar refractivity (Wildman–Crippen MR) is 69.2 cm³/mol. The topological polar surface area (TPSA) is 26.0 Å². The van der Waals surface area contributed by atoms with Gasteiger partial charge in [0, 0.05) is 16.7 Å². The van der Waals surface area contributed by atoms with Gasteiger partial charge in [-0.05, 0) is 24.1 Å². The minimum atomic E-state index is -0.180. The van der Waals surface area contributed by atoms with Crippen LogP contribution in [-0.4, -0.2) is 11.8 Å². The SMILES string of the molecule is CCC(CC)C(N)CSc1cccc(F)c1. The van der Waals surface area contributed by atoms with Crippen LogP contribution in [0.4, 0.5) is 4.39 Å². The molecule has 0 fully saturated rings. The van der Waals surface area contributed by atoms with Crippen molar-refractivity contribution < 1.29 is 4.39 Å². The number of thioether (sulfide) groups is 1. The minimum absolute atomic E-state index is 0.180. The molecule has 0 saturated heterocycles. The van der Waals surface area contributed by atoms with Crippen LogP contribution in [0.15, 0.2) is 29.2 Å². The van der Waals surface area contributed by atoms with Crippen molar-refractivity contribution in [3.05, 3.63) is 30.1 Å². The Hall–Kier alpha value is -0.540. The maximum absolute atomic E-state index is 12.9. The highest BCUT2D eigenvalue weighted by Crippen LogP contribution is 2.22. The molecule has 1 atom stereocenters. The third-order valence-corrected chi connectivity index (χ3v) is 4.03. The Kier molecular flexibility index (Phi) is 5.85. The van der Waals surface area contributed by atoms with Crippen molar-refractivity contribution in [2.75, 3.05) is 5.75 Å². The summed E-state index contributed by atoms with van der Waals surface area (Å²) in [5.41, 5.74) is 6.11. The molecule has 1 aromatic carbocycles. The standard InChI is InChI=1S/C13H20FNS/c1-3-10(4-2)13(15)9-16-12-7-5-6-11(14)8-12/h5-8,10,13H,3-4,9,15H2,1-2H3. The lowest BCUT2D eigenvalue weighted by Crippen LogP contribution is -2.31. The van der Waals surface area contributed by atoms with E-state index in [-0.39, 0.29) is 11.9 Å². The molecule has 0 spiro atoms. The predicted octanol–water partition coefficient (Wildman–Crippen LogP) is 3.68. The van der Waals surface area contributed by atoms with Crippen molar-refractivity contribution in [1.82, 2.24) is 0 Å². The molecule has 0 amide bonds. The molecule has 16 heavy (non-hydrogen) atoms. The summed E-state index contributed by atoms with van der Waals surface area (Å²) in [6.07, 6.45) is 2.22. The minimum Gasteiger partial charge on any atom is -0.327 e. The zero-order chi connectivity index (χ0) is 12.0. The Balaban J connectivity index is 2.45. The molecular formula is C13H20FNS. The van der Waals surface area contributed by atoms with E-state index in [4.69, 9.17) is 5.73 Å². The number of nitrogens with two attached hydrogens (primary N) is 1. The molecule has 1 unspecified atom stereocenters. The maximum atomic E-state index is 12.9. The number of hydrogen-bond acceptors (Lipinski definition) is 2. The van der Waals surface area contributed by atoms with E-state index in [0.29, 0.717) is 5.92 Å². The zero-order valence-corrected chi connectivity index (χ0v) is 10.8. The van der Waals surface area contributed by atoms with Gasteiger partial charge in [-0.2, -0.15) is 0 Å². The van der Waals surface area contributed by atoms with E-state index in [2.05, 4.69) is 13.8 Å². The van der Waals surface area contributed by atoms with Crippen LogP contribution < -0.4 is 5.73 Å². The van der Waals surface area contributed by atoms with Gasteiger partial charge in [0.2, 0.25) is 0 Å². The second-order valence-corrected chi connectivity index (χ2v) is 5.10. The van der Waals surface area contributed by atoms with Gasteiger partial charge in [-0.25, -0.2) is 4.39 Å². The van der Waals surface area contributed by atoms with Crippen LogP contribution in [0.2, 0.25) is 0 Å². The van der Waals surface area contributed by atoms with Crippen molar-refractivity contribution >= 4 is 11.8 Å². The summed E-state index contributed by atoms with van der Waals surface area (Å²) in [5, 5.41) is 0. The zero-order valence-electron chi connectivity index (χ0n) is 9.95. The third kappa shape index (κ3) is 4.14. The molecule has 3 heteroatoms. The van der Waals surface area contributed by atoms with Crippen LogP contribution in [0, 0.1) is 11.7 Å². The summed E-state index contributed by atoms with van der Waals surface area (Å²) >= 11 is 1.64. The van der Waals surface area contributed by atoms with Crippen molar-refractivity contribution in [3.63, 3.8) is 0 Å². The number of rotatable bonds is 6. The molecule has 0 aliphatic heterocycles. The van der Waals surface area contributed by atoms with Gasteiger partial charge in [-0.15, -0.1) is 11.8 Å². The molecule has 1 aromatic rings. The number of hydrogen-bond donors (Lipinski definition) is 1. The number of halogens is 1. The first kappa shape index (κ1) is 13.5. The molecule has 0 aliphatic rings. The van der Waals surface area contributed by atoms with E-state index < -0.39 is 0 Å². The highest BCUT2D eigenvalue weighted by Gasteiger charge is 2.13. The molecule has 0 radical (unpaired) electrons. The number of benzene rings is 1. The fourth-order valence-corrected chi connectivity index (χ4v) is 2.81. The first-order valence-electron chi connectivity index (χ1n) is 5.81. The normalized spacial score (nSPS) is 13.1. The second kappa shape index (κ2) is 6.92. The van der Waals surface area contributed by atoms with E-state index >= 15 is 0 Å². The second-order valence-electron chi connectivity index (χ2n) is 4.01. The Morgan fingerprint density at radius 2 is 2.00 bits per heavy atom. The van der Waals surface area contributed by atoms with Crippen LogP contribution in [0.5, 0.6) is 0 Å². The van der Waals surface area contributed by atoms with Gasteiger partial charge >= 0.3 is 0 Å². The van der Waals surface area contributed by atoms with Gasteiger partial charge in [0.25, 0.3) is 0 Å². The van der Waals surface area contributed by atoms with Crippen LogP contribution in [0.3, 0.4) is 0 Å².